The zero-order valence-electron chi connectivity index (χ0n) is 10.5. The molecular weight excluding hydrogens is 231 g/mol. The van der Waals surface area contributed by atoms with Crippen LogP contribution in [0.15, 0.2) is 79.1 Å². The minimum atomic E-state index is 0.216. The second-order valence-electron chi connectivity index (χ2n) is 4.77. The van der Waals surface area contributed by atoms with Gasteiger partial charge < -0.3 is 0 Å². The molecule has 0 fully saturated rings. The van der Waals surface area contributed by atoms with E-state index in [1.807, 2.05) is 0 Å². The lowest BCUT2D eigenvalue weighted by Gasteiger charge is -1.95. The highest BCUT2D eigenvalue weighted by Crippen LogP contribution is 2.13. The van der Waals surface area contributed by atoms with Crippen molar-refractivity contribution in [3.8, 4) is 11.4 Å². The molecule has 0 bridgehead atoms. The Balaban J connectivity index is 2.02. The van der Waals surface area contributed by atoms with Gasteiger partial charge in [-0.1, -0.05) is 30.3 Å². The fourth-order valence-electron chi connectivity index (χ4n) is 2.85. The number of hydrogen-bond acceptors (Lipinski definition) is 0. The first-order chi connectivity index (χ1) is 9.45. The van der Waals surface area contributed by atoms with E-state index < -0.39 is 0 Å². The fourth-order valence-corrected chi connectivity index (χ4v) is 2.85. The lowest BCUT2D eigenvalue weighted by Crippen LogP contribution is -2.71. The third kappa shape index (κ3) is 1.51. The summed E-state index contributed by atoms with van der Waals surface area (Å²) in [5, 5.41) is 0. The van der Waals surface area contributed by atoms with E-state index in [-0.39, 0.29) is 6.98 Å². The molecule has 0 saturated carbocycles. The van der Waals surface area contributed by atoms with E-state index in [2.05, 4.69) is 88.1 Å². The van der Waals surface area contributed by atoms with Gasteiger partial charge >= 0.3 is 6.98 Å². The quantitative estimate of drug-likeness (QED) is 0.442. The van der Waals surface area contributed by atoms with Crippen molar-refractivity contribution in [2.45, 2.75) is 0 Å². The van der Waals surface area contributed by atoms with Gasteiger partial charge in [-0.25, -0.2) is 8.96 Å². The molecule has 4 rings (SSSR count). The monoisotopic (exact) mass is 244 g/mol. The topological polar surface area (TPSA) is 7.76 Å². The molecule has 19 heavy (non-hydrogen) atoms. The lowest BCUT2D eigenvalue weighted by molar-refractivity contribution is -0.625. The highest BCUT2D eigenvalue weighted by molar-refractivity contribution is 6.58. The summed E-state index contributed by atoms with van der Waals surface area (Å²) in [7, 11) is 0. The molecule has 2 nitrogen and oxygen atoms in total. The Labute approximate surface area is 112 Å². The summed E-state index contributed by atoms with van der Waals surface area (Å²) in [5.74, 6) is 0. The van der Waals surface area contributed by atoms with Crippen molar-refractivity contribution in [3.63, 3.8) is 0 Å². The van der Waals surface area contributed by atoms with E-state index in [1.54, 1.807) is 0 Å². The Kier molecular flexibility index (Phi) is 2.24. The van der Waals surface area contributed by atoms with E-state index in [1.165, 1.54) is 16.9 Å². The van der Waals surface area contributed by atoms with Crippen LogP contribution in [0.4, 0.5) is 0 Å². The summed E-state index contributed by atoms with van der Waals surface area (Å²) >= 11 is 0. The molecule has 0 unspecified atom stereocenters. The standard InChI is InChI=1S/C16H13BN2/c1-2-8-14(9-3-1)17-18-12-6-4-10-15(18)16-11-5-7-13-19(16)17/h1-13H/q+2. The normalized spacial score (nSPS) is 12.1. The molecule has 0 N–H and O–H groups in total. The fraction of sp³-hybridized carbons (Fsp3) is 0. The van der Waals surface area contributed by atoms with Crippen LogP contribution in [0.3, 0.4) is 0 Å². The van der Waals surface area contributed by atoms with E-state index in [0.717, 1.165) is 0 Å². The first-order valence-corrected chi connectivity index (χ1v) is 6.51. The minimum Gasteiger partial charge on any atom is -0.203 e. The molecule has 88 valence electrons. The zero-order chi connectivity index (χ0) is 12.7. The van der Waals surface area contributed by atoms with Crippen molar-refractivity contribution >= 4 is 12.4 Å². The second-order valence-corrected chi connectivity index (χ2v) is 4.77. The molecule has 0 radical (unpaired) electrons. The van der Waals surface area contributed by atoms with Crippen molar-refractivity contribution < 1.29 is 8.96 Å². The molecule has 1 aromatic carbocycles. The maximum atomic E-state index is 2.32. The Morgan fingerprint density at radius 1 is 0.579 bits per heavy atom. The van der Waals surface area contributed by atoms with Crippen LogP contribution in [0.25, 0.3) is 11.4 Å². The van der Waals surface area contributed by atoms with Crippen LogP contribution in [0.5, 0.6) is 0 Å². The van der Waals surface area contributed by atoms with E-state index in [0.29, 0.717) is 0 Å². The molecular formula is C16H13BN2+2. The second kappa shape index (κ2) is 4.06. The summed E-state index contributed by atoms with van der Waals surface area (Å²) in [5.41, 5.74) is 3.82. The summed E-state index contributed by atoms with van der Waals surface area (Å²) in [4.78, 5) is 0. The van der Waals surface area contributed by atoms with Gasteiger partial charge in [-0.2, -0.15) is 0 Å². The third-order valence-corrected chi connectivity index (χ3v) is 3.67. The van der Waals surface area contributed by atoms with E-state index >= 15 is 0 Å². The first-order valence-electron chi connectivity index (χ1n) is 6.51. The van der Waals surface area contributed by atoms with Crippen LogP contribution in [-0.2, 0) is 0 Å². The zero-order valence-corrected chi connectivity index (χ0v) is 10.5. The van der Waals surface area contributed by atoms with Gasteiger partial charge in [0.2, 0.25) is 0 Å². The van der Waals surface area contributed by atoms with Crippen LogP contribution < -0.4 is 14.4 Å². The van der Waals surface area contributed by atoms with Crippen molar-refractivity contribution in [2.75, 3.05) is 0 Å². The lowest BCUT2D eigenvalue weighted by atomic mass is 9.68. The van der Waals surface area contributed by atoms with Gasteiger partial charge in [0.05, 0.1) is 5.46 Å². The van der Waals surface area contributed by atoms with Gasteiger partial charge in [0.15, 0.2) is 12.4 Å². The van der Waals surface area contributed by atoms with Gasteiger partial charge in [0.1, 0.15) is 0 Å². The Hall–Kier alpha value is -2.42. The van der Waals surface area contributed by atoms with Crippen molar-refractivity contribution in [2.24, 2.45) is 0 Å². The number of hydrogen-bond donors (Lipinski definition) is 0. The van der Waals surface area contributed by atoms with Crippen molar-refractivity contribution in [3.05, 3.63) is 79.1 Å². The van der Waals surface area contributed by atoms with Gasteiger partial charge in [0.25, 0.3) is 11.4 Å². The maximum Gasteiger partial charge on any atom is 0.879 e. The smallest absolute Gasteiger partial charge is 0.203 e. The van der Waals surface area contributed by atoms with Crippen molar-refractivity contribution in [1.82, 2.24) is 0 Å². The molecule has 3 heteroatoms. The van der Waals surface area contributed by atoms with Crippen LogP contribution in [0.2, 0.25) is 0 Å². The number of rotatable bonds is 1. The molecule has 1 aliphatic heterocycles. The average molecular weight is 244 g/mol. The minimum absolute atomic E-state index is 0.216. The maximum absolute atomic E-state index is 2.32. The average Bonchev–Trinajstić information content (AvgIpc) is 2.83. The van der Waals surface area contributed by atoms with E-state index in [4.69, 9.17) is 0 Å². The third-order valence-electron chi connectivity index (χ3n) is 3.67. The van der Waals surface area contributed by atoms with Gasteiger partial charge in [-0.15, -0.1) is 0 Å². The number of fused-ring (bicyclic) bond motifs is 3. The Bertz CT molecular complexity index is 695. The van der Waals surface area contributed by atoms with Gasteiger partial charge in [-0.3, -0.25) is 0 Å². The summed E-state index contributed by atoms with van der Waals surface area (Å²) in [6.45, 7) is 0.216. The summed E-state index contributed by atoms with van der Waals surface area (Å²) in [6, 6.07) is 23.3. The van der Waals surface area contributed by atoms with Crippen LogP contribution in [-0.4, -0.2) is 6.98 Å². The SMILES string of the molecule is c1ccc(B2[n+]3ccccc3-c3cccc[n+]32)cc1. The molecule has 0 aliphatic carbocycles. The first kappa shape index (κ1) is 10.5. The number of nitrogens with zero attached hydrogens (tertiary/aromatic N) is 2. The molecule has 2 aromatic heterocycles. The number of aromatic nitrogens is 2. The molecule has 1 aliphatic rings. The molecule has 3 aromatic rings. The summed E-state index contributed by atoms with van der Waals surface area (Å²) in [6.07, 6.45) is 4.31. The number of benzene rings is 1. The van der Waals surface area contributed by atoms with E-state index in [9.17, 15) is 0 Å². The predicted octanol–water partition coefficient (Wildman–Crippen LogP) is 1.03. The Morgan fingerprint density at radius 2 is 1.11 bits per heavy atom. The molecule has 3 heterocycles. The highest BCUT2D eigenvalue weighted by Gasteiger charge is 2.56. The molecule has 0 spiro atoms. The van der Waals surface area contributed by atoms with Crippen LogP contribution in [0.1, 0.15) is 0 Å². The Morgan fingerprint density at radius 3 is 1.68 bits per heavy atom. The molecule has 0 amide bonds. The van der Waals surface area contributed by atoms with Crippen molar-refractivity contribution in [1.29, 1.82) is 0 Å². The largest absolute Gasteiger partial charge is 0.879 e. The highest BCUT2D eigenvalue weighted by atomic mass is 15.1. The molecule has 0 saturated heterocycles. The number of pyridine rings is 2. The predicted molar refractivity (Wildman–Crippen MR) is 74.9 cm³/mol. The van der Waals surface area contributed by atoms with Crippen LogP contribution >= 0.6 is 0 Å². The van der Waals surface area contributed by atoms with Crippen LogP contribution in [0, 0.1) is 0 Å². The summed E-state index contributed by atoms with van der Waals surface area (Å²) < 4.78 is 4.65. The molecule has 0 atom stereocenters. The van der Waals surface area contributed by atoms with Gasteiger partial charge in [0, 0.05) is 12.1 Å². The van der Waals surface area contributed by atoms with Gasteiger partial charge in [-0.05, 0) is 24.3 Å².